The van der Waals surface area contributed by atoms with Crippen molar-refractivity contribution < 1.29 is 24.3 Å². The molecule has 0 saturated carbocycles. The van der Waals surface area contributed by atoms with Gasteiger partial charge in [0.05, 0.1) is 17.5 Å². The number of aliphatic hydroxyl groups excluding tert-OH is 1. The van der Waals surface area contributed by atoms with Crippen LogP contribution in [0.4, 0.5) is 0 Å². The van der Waals surface area contributed by atoms with Gasteiger partial charge in [-0.1, -0.05) is 28.9 Å². The lowest BCUT2D eigenvalue weighted by Gasteiger charge is -2.27. The molecule has 0 atom stereocenters. The van der Waals surface area contributed by atoms with Crippen LogP contribution in [0.5, 0.6) is 5.75 Å². The smallest absolute Gasteiger partial charge is 0.304 e. The molecule has 9 heteroatoms. The number of hydrogen-bond donors (Lipinski definition) is 3. The number of nitrogens with zero attached hydrogens (tertiary/aromatic N) is 2. The van der Waals surface area contributed by atoms with Crippen LogP contribution < -0.4 is 10.1 Å². The highest BCUT2D eigenvalue weighted by Crippen LogP contribution is 2.31. The van der Waals surface area contributed by atoms with Gasteiger partial charge < -0.3 is 24.8 Å². The second-order valence-corrected chi connectivity index (χ2v) is 8.73. The number of aromatic nitrogens is 2. The molecule has 34 heavy (non-hydrogen) atoms. The number of benzene rings is 2. The van der Waals surface area contributed by atoms with E-state index in [0.717, 1.165) is 16.7 Å². The van der Waals surface area contributed by atoms with Crippen LogP contribution in [0.25, 0.3) is 22.8 Å². The average Bonchev–Trinajstić information content (AvgIpc) is 3.25. The molecule has 3 aromatic rings. The number of aliphatic hydroxyl groups is 1. The third-order valence-electron chi connectivity index (χ3n) is 4.74. The summed E-state index contributed by atoms with van der Waals surface area (Å²) < 4.78 is 11.1. The molecule has 0 unspecified atom stereocenters. The number of carboxylic acids is 1. The van der Waals surface area contributed by atoms with Gasteiger partial charge in [-0.05, 0) is 70.5 Å². The van der Waals surface area contributed by atoms with Crippen LogP contribution in [-0.4, -0.2) is 45.6 Å². The molecule has 3 rings (SSSR count). The minimum atomic E-state index is -0.825. The standard InChI is InChI=1S/C23H26ClN3O4.C2H6O/c1-14(2)30-19-10-7-16(13-18(19)24)21-26-22(31-27-21)15-5-8-17(9-6-15)23(3,4)25-12-11-20(28)29;1-2-3/h5-10,13-14,25H,11-12H2,1-4H3,(H,28,29);3H,2H2,1H3. The Morgan fingerprint density at radius 3 is 2.35 bits per heavy atom. The van der Waals surface area contributed by atoms with Crippen LogP contribution in [0.2, 0.25) is 5.02 Å². The number of halogens is 1. The average molecular weight is 490 g/mol. The van der Waals surface area contributed by atoms with Gasteiger partial charge in [0.2, 0.25) is 5.82 Å². The quantitative estimate of drug-likeness (QED) is 0.378. The molecule has 0 fully saturated rings. The molecule has 0 amide bonds. The van der Waals surface area contributed by atoms with Gasteiger partial charge in [-0.2, -0.15) is 4.98 Å². The van der Waals surface area contributed by atoms with Crippen LogP contribution in [0, 0.1) is 0 Å². The summed E-state index contributed by atoms with van der Waals surface area (Å²) in [5, 5.41) is 24.2. The molecule has 2 aromatic carbocycles. The third-order valence-corrected chi connectivity index (χ3v) is 5.03. The zero-order valence-corrected chi connectivity index (χ0v) is 20.9. The van der Waals surface area contributed by atoms with Gasteiger partial charge in [0.1, 0.15) is 5.75 Å². The first-order valence-electron chi connectivity index (χ1n) is 11.1. The Labute approximate surface area is 204 Å². The van der Waals surface area contributed by atoms with E-state index < -0.39 is 5.97 Å². The summed E-state index contributed by atoms with van der Waals surface area (Å²) in [5.41, 5.74) is 2.17. The minimum absolute atomic E-state index is 0.0282. The Bertz CT molecular complexity index is 1060. The zero-order valence-electron chi connectivity index (χ0n) is 20.1. The number of carbonyl (C=O) groups is 1. The lowest BCUT2D eigenvalue weighted by molar-refractivity contribution is -0.136. The van der Waals surface area contributed by atoms with E-state index in [-0.39, 0.29) is 24.7 Å². The van der Waals surface area contributed by atoms with Crippen LogP contribution >= 0.6 is 11.6 Å². The largest absolute Gasteiger partial charge is 0.489 e. The number of rotatable bonds is 9. The highest BCUT2D eigenvalue weighted by atomic mass is 35.5. The molecule has 0 radical (unpaired) electrons. The van der Waals surface area contributed by atoms with Crippen molar-refractivity contribution in [1.29, 1.82) is 0 Å². The maximum atomic E-state index is 10.7. The molecule has 0 spiro atoms. The van der Waals surface area contributed by atoms with E-state index >= 15 is 0 Å². The van der Waals surface area contributed by atoms with Crippen molar-refractivity contribution in [2.75, 3.05) is 13.2 Å². The van der Waals surface area contributed by atoms with Gasteiger partial charge in [-0.3, -0.25) is 4.79 Å². The van der Waals surface area contributed by atoms with Crippen molar-refractivity contribution in [3.8, 4) is 28.6 Å². The highest BCUT2D eigenvalue weighted by Gasteiger charge is 2.20. The first kappa shape index (κ1) is 27.3. The van der Waals surface area contributed by atoms with E-state index in [1.807, 2.05) is 58.0 Å². The van der Waals surface area contributed by atoms with Gasteiger partial charge >= 0.3 is 5.97 Å². The lowest BCUT2D eigenvalue weighted by atomic mass is 9.93. The summed E-state index contributed by atoms with van der Waals surface area (Å²) in [6, 6.07) is 13.1. The number of carboxylic acid groups (broad SMARTS) is 1. The fourth-order valence-electron chi connectivity index (χ4n) is 3.06. The molecule has 1 heterocycles. The Balaban J connectivity index is 0.00000129. The maximum Gasteiger partial charge on any atom is 0.304 e. The van der Waals surface area contributed by atoms with E-state index in [9.17, 15) is 4.79 Å². The summed E-state index contributed by atoms with van der Waals surface area (Å²) in [4.78, 5) is 15.2. The molecule has 0 bridgehead atoms. The van der Waals surface area contributed by atoms with E-state index in [0.29, 0.717) is 29.0 Å². The molecule has 0 aliphatic carbocycles. The SMILES string of the molecule is CC(C)Oc1ccc(-c2noc(-c3ccc(C(C)(C)NCCC(=O)O)cc3)n2)cc1Cl.CCO. The molecule has 0 aliphatic rings. The van der Waals surface area contributed by atoms with Crippen molar-refractivity contribution in [3.63, 3.8) is 0 Å². The molecular formula is C25H32ClN3O5. The van der Waals surface area contributed by atoms with Crippen molar-refractivity contribution in [2.24, 2.45) is 0 Å². The fraction of sp³-hybridized carbons (Fsp3) is 0.400. The van der Waals surface area contributed by atoms with Gasteiger partial charge in [0, 0.05) is 29.8 Å². The fourth-order valence-corrected chi connectivity index (χ4v) is 3.29. The summed E-state index contributed by atoms with van der Waals surface area (Å²) >= 11 is 6.31. The normalized spacial score (nSPS) is 11.2. The number of hydrogen-bond acceptors (Lipinski definition) is 7. The van der Waals surface area contributed by atoms with Crippen LogP contribution in [0.1, 0.15) is 46.6 Å². The van der Waals surface area contributed by atoms with E-state index in [2.05, 4.69) is 15.5 Å². The highest BCUT2D eigenvalue weighted by molar-refractivity contribution is 6.32. The zero-order chi connectivity index (χ0) is 25.3. The predicted molar refractivity (Wildman–Crippen MR) is 132 cm³/mol. The van der Waals surface area contributed by atoms with E-state index in [4.69, 9.17) is 31.1 Å². The second-order valence-electron chi connectivity index (χ2n) is 8.32. The van der Waals surface area contributed by atoms with Gasteiger partial charge in [0.15, 0.2) is 0 Å². The number of nitrogens with one attached hydrogen (secondary N) is 1. The third kappa shape index (κ3) is 7.83. The van der Waals surface area contributed by atoms with Gasteiger partial charge in [0.25, 0.3) is 5.89 Å². The number of aliphatic carboxylic acids is 1. The summed E-state index contributed by atoms with van der Waals surface area (Å²) in [6.45, 7) is 10.2. The Morgan fingerprint density at radius 1 is 1.18 bits per heavy atom. The molecule has 8 nitrogen and oxygen atoms in total. The van der Waals surface area contributed by atoms with E-state index in [1.54, 1.807) is 19.1 Å². The Kier molecular flexibility index (Phi) is 10.0. The van der Waals surface area contributed by atoms with Crippen LogP contribution in [0.15, 0.2) is 47.0 Å². The van der Waals surface area contributed by atoms with Crippen LogP contribution in [-0.2, 0) is 10.3 Å². The molecule has 3 N–H and O–H groups in total. The Hall–Kier alpha value is -2.94. The van der Waals surface area contributed by atoms with Gasteiger partial charge in [-0.25, -0.2) is 0 Å². The molecule has 0 aliphatic heterocycles. The molecule has 1 aromatic heterocycles. The Morgan fingerprint density at radius 2 is 1.79 bits per heavy atom. The van der Waals surface area contributed by atoms with Crippen LogP contribution in [0.3, 0.4) is 0 Å². The van der Waals surface area contributed by atoms with E-state index in [1.165, 1.54) is 0 Å². The second kappa shape index (κ2) is 12.5. The topological polar surface area (TPSA) is 118 Å². The van der Waals surface area contributed by atoms with Crippen molar-refractivity contribution in [1.82, 2.24) is 15.5 Å². The molecule has 0 saturated heterocycles. The summed E-state index contributed by atoms with van der Waals surface area (Å²) in [6.07, 6.45) is 0.0985. The summed E-state index contributed by atoms with van der Waals surface area (Å²) in [5.74, 6) is 0.623. The number of ether oxygens (including phenoxy) is 1. The minimum Gasteiger partial charge on any atom is -0.489 e. The maximum absolute atomic E-state index is 10.7. The first-order valence-corrected chi connectivity index (χ1v) is 11.4. The van der Waals surface area contributed by atoms with Crippen molar-refractivity contribution >= 4 is 17.6 Å². The molecule has 184 valence electrons. The first-order chi connectivity index (χ1) is 16.1. The van der Waals surface area contributed by atoms with Crippen molar-refractivity contribution in [3.05, 3.63) is 53.1 Å². The van der Waals surface area contributed by atoms with Gasteiger partial charge in [-0.15, -0.1) is 0 Å². The summed E-state index contributed by atoms with van der Waals surface area (Å²) in [7, 11) is 0. The lowest BCUT2D eigenvalue weighted by Crippen LogP contribution is -2.37. The van der Waals surface area contributed by atoms with Crippen molar-refractivity contribution in [2.45, 2.75) is 52.7 Å². The monoisotopic (exact) mass is 489 g/mol. The molecular weight excluding hydrogens is 458 g/mol. The predicted octanol–water partition coefficient (Wildman–Crippen LogP) is 5.14.